The van der Waals surface area contributed by atoms with Crippen LogP contribution in [0.25, 0.3) is 6.08 Å². The number of aromatic nitrogens is 1. The average molecular weight is 527 g/mol. The number of esters is 1. The maximum Gasteiger partial charge on any atom is 0.338 e. The molecule has 8 nitrogen and oxygen atoms in total. The normalized spacial score (nSPS) is 15.4. The number of carbonyl (C=O) groups is 1. The van der Waals surface area contributed by atoms with Crippen LogP contribution in [0.5, 0.6) is 17.2 Å². The molecule has 1 N–H and O–H groups in total. The molecule has 0 fully saturated rings. The Kier molecular flexibility index (Phi) is 7.56. The predicted octanol–water partition coefficient (Wildman–Crippen LogP) is 3.24. The van der Waals surface area contributed by atoms with E-state index < -0.39 is 12.0 Å². The van der Waals surface area contributed by atoms with E-state index in [1.165, 1.54) is 25.6 Å². The lowest BCUT2D eigenvalue weighted by Gasteiger charge is -2.24. The molecular weight excluding hydrogens is 500 g/mol. The van der Waals surface area contributed by atoms with Gasteiger partial charge in [0.25, 0.3) is 5.56 Å². The highest BCUT2D eigenvalue weighted by Gasteiger charge is 2.33. The van der Waals surface area contributed by atoms with E-state index in [1.54, 1.807) is 48.4 Å². The number of rotatable bonds is 7. The van der Waals surface area contributed by atoms with Gasteiger partial charge in [-0.25, -0.2) is 9.79 Å². The highest BCUT2D eigenvalue weighted by atomic mass is 32.2. The third kappa shape index (κ3) is 4.66. The van der Waals surface area contributed by atoms with Crippen LogP contribution in [0.2, 0.25) is 0 Å². The zero-order chi connectivity index (χ0) is 26.0. The molecule has 0 aliphatic carbocycles. The van der Waals surface area contributed by atoms with Gasteiger partial charge in [-0.1, -0.05) is 23.5 Å². The lowest BCUT2D eigenvalue weighted by Crippen LogP contribution is -2.39. The fraction of sp³-hybridized carbons (Fsp3) is 0.269. The Morgan fingerprint density at radius 2 is 1.83 bits per heavy atom. The summed E-state index contributed by atoms with van der Waals surface area (Å²) in [7, 11) is 2.88. The molecule has 1 atom stereocenters. The number of benzene rings is 2. The summed E-state index contributed by atoms with van der Waals surface area (Å²) >= 11 is 2.83. The standard InChI is InChI=1S/C26H26N2O6S2/c1-6-34-25(31)21-14(2)27-26-28(22(21)16-7-9-17(35-5)10-8-16)24(30)20(36-26)13-15-11-18(32-3)23(29)19(12-15)33-4/h7-13,22,29H,6H2,1-5H3/b20-13+/t22-/m1/s1. The monoisotopic (exact) mass is 526 g/mol. The SMILES string of the molecule is CCOC(=O)C1=C(C)N=c2s/c(=C/c3cc(OC)c(O)c(OC)c3)c(=O)n2[C@@H]1c1ccc(SC)cc1. The van der Waals surface area contributed by atoms with Crippen LogP contribution in [0, 0.1) is 0 Å². The fourth-order valence-electron chi connectivity index (χ4n) is 4.04. The minimum atomic E-state index is -0.678. The molecule has 36 heavy (non-hydrogen) atoms. The number of thioether (sulfide) groups is 1. The van der Waals surface area contributed by atoms with E-state index in [9.17, 15) is 14.7 Å². The summed E-state index contributed by atoms with van der Waals surface area (Å²) in [5, 5.41) is 10.2. The van der Waals surface area contributed by atoms with Crippen LogP contribution >= 0.6 is 23.1 Å². The second-order valence-electron chi connectivity index (χ2n) is 7.85. The van der Waals surface area contributed by atoms with Gasteiger partial charge in [-0.2, -0.15) is 0 Å². The van der Waals surface area contributed by atoms with Gasteiger partial charge in [0.15, 0.2) is 16.3 Å². The number of hydrogen-bond acceptors (Lipinski definition) is 9. The van der Waals surface area contributed by atoms with E-state index in [2.05, 4.69) is 4.99 Å². The van der Waals surface area contributed by atoms with Crippen molar-refractivity contribution in [2.45, 2.75) is 24.8 Å². The molecule has 0 amide bonds. The van der Waals surface area contributed by atoms with Crippen molar-refractivity contribution in [3.63, 3.8) is 0 Å². The molecule has 3 aromatic rings. The van der Waals surface area contributed by atoms with Gasteiger partial charge in [-0.15, -0.1) is 11.8 Å². The summed E-state index contributed by atoms with van der Waals surface area (Å²) in [6.45, 7) is 3.70. The van der Waals surface area contributed by atoms with Crippen molar-refractivity contribution in [2.24, 2.45) is 4.99 Å². The Hall–Kier alpha value is -3.50. The number of ether oxygens (including phenoxy) is 3. The van der Waals surface area contributed by atoms with Gasteiger partial charge in [0.2, 0.25) is 5.75 Å². The average Bonchev–Trinajstić information content (AvgIpc) is 3.18. The highest BCUT2D eigenvalue weighted by molar-refractivity contribution is 7.98. The Morgan fingerprint density at radius 1 is 1.19 bits per heavy atom. The Balaban J connectivity index is 1.94. The van der Waals surface area contributed by atoms with Gasteiger partial charge >= 0.3 is 5.97 Å². The molecule has 4 rings (SSSR count). The van der Waals surface area contributed by atoms with Gasteiger partial charge in [0, 0.05) is 4.90 Å². The first-order valence-corrected chi connectivity index (χ1v) is 13.2. The third-order valence-electron chi connectivity index (χ3n) is 5.75. The van der Waals surface area contributed by atoms with Crippen molar-refractivity contribution in [3.8, 4) is 17.2 Å². The number of fused-ring (bicyclic) bond motifs is 1. The fourth-order valence-corrected chi connectivity index (χ4v) is 5.50. The molecule has 0 radical (unpaired) electrons. The summed E-state index contributed by atoms with van der Waals surface area (Å²) in [6.07, 6.45) is 3.67. The Morgan fingerprint density at radius 3 is 2.39 bits per heavy atom. The summed E-state index contributed by atoms with van der Waals surface area (Å²) in [5.74, 6) is -0.178. The van der Waals surface area contributed by atoms with Crippen LogP contribution in [-0.4, -0.2) is 42.7 Å². The van der Waals surface area contributed by atoms with Crippen LogP contribution in [0.4, 0.5) is 0 Å². The molecule has 0 spiro atoms. The minimum absolute atomic E-state index is 0.123. The van der Waals surface area contributed by atoms with Crippen molar-refractivity contribution in [1.29, 1.82) is 0 Å². The topological polar surface area (TPSA) is 99.4 Å². The largest absolute Gasteiger partial charge is 0.502 e. The van der Waals surface area contributed by atoms with Gasteiger partial charge < -0.3 is 19.3 Å². The molecular formula is C26H26N2O6S2. The zero-order valence-electron chi connectivity index (χ0n) is 20.5. The Labute approximate surface area is 216 Å². The minimum Gasteiger partial charge on any atom is -0.502 e. The molecule has 2 heterocycles. The van der Waals surface area contributed by atoms with Crippen LogP contribution in [0.3, 0.4) is 0 Å². The molecule has 1 aliphatic rings. The predicted molar refractivity (Wildman–Crippen MR) is 140 cm³/mol. The number of hydrogen-bond donors (Lipinski definition) is 1. The quantitative estimate of drug-likeness (QED) is 0.373. The molecule has 0 bridgehead atoms. The maximum absolute atomic E-state index is 13.7. The smallest absolute Gasteiger partial charge is 0.338 e. The van der Waals surface area contributed by atoms with E-state index in [0.29, 0.717) is 26.2 Å². The lowest BCUT2D eigenvalue weighted by molar-refractivity contribution is -0.139. The molecule has 1 aromatic heterocycles. The lowest BCUT2D eigenvalue weighted by atomic mass is 9.96. The van der Waals surface area contributed by atoms with Gasteiger partial charge in [0.05, 0.1) is 42.7 Å². The van der Waals surface area contributed by atoms with Crippen molar-refractivity contribution in [2.75, 3.05) is 27.1 Å². The molecule has 10 heteroatoms. The first kappa shape index (κ1) is 25.6. The zero-order valence-corrected chi connectivity index (χ0v) is 22.2. The molecule has 0 unspecified atom stereocenters. The Bertz CT molecular complexity index is 1490. The summed E-state index contributed by atoms with van der Waals surface area (Å²) in [4.78, 5) is 32.9. The van der Waals surface area contributed by atoms with Crippen molar-refractivity contribution in [3.05, 3.63) is 78.5 Å². The summed E-state index contributed by atoms with van der Waals surface area (Å²) in [5.41, 5.74) is 1.94. The second-order valence-corrected chi connectivity index (χ2v) is 9.74. The molecule has 0 saturated heterocycles. The van der Waals surface area contributed by atoms with Gasteiger partial charge in [-0.3, -0.25) is 9.36 Å². The van der Waals surface area contributed by atoms with E-state index in [4.69, 9.17) is 14.2 Å². The van der Waals surface area contributed by atoms with Crippen LogP contribution in [-0.2, 0) is 9.53 Å². The van der Waals surface area contributed by atoms with Crippen molar-refractivity contribution in [1.82, 2.24) is 4.57 Å². The number of phenols is 1. The van der Waals surface area contributed by atoms with Gasteiger partial charge in [-0.05, 0) is 61.6 Å². The molecule has 2 aromatic carbocycles. The van der Waals surface area contributed by atoms with Crippen LogP contribution in [0.1, 0.15) is 31.0 Å². The van der Waals surface area contributed by atoms with Crippen molar-refractivity contribution >= 4 is 35.1 Å². The number of phenolic OH excluding ortho intramolecular Hbond substituents is 1. The second kappa shape index (κ2) is 10.6. The molecule has 1 aliphatic heterocycles. The van der Waals surface area contributed by atoms with E-state index in [-0.39, 0.29) is 29.4 Å². The number of carbonyl (C=O) groups excluding carboxylic acids is 1. The van der Waals surface area contributed by atoms with E-state index in [1.807, 2.05) is 30.5 Å². The highest BCUT2D eigenvalue weighted by Crippen LogP contribution is 2.37. The molecule has 188 valence electrons. The number of methoxy groups -OCH3 is 2. The van der Waals surface area contributed by atoms with E-state index in [0.717, 1.165) is 10.5 Å². The van der Waals surface area contributed by atoms with Crippen LogP contribution < -0.4 is 24.4 Å². The number of allylic oxidation sites excluding steroid dienone is 1. The van der Waals surface area contributed by atoms with Gasteiger partial charge in [0.1, 0.15) is 0 Å². The summed E-state index contributed by atoms with van der Waals surface area (Å²) < 4.78 is 17.8. The van der Waals surface area contributed by atoms with Crippen LogP contribution in [0.15, 0.2) is 62.4 Å². The number of nitrogens with zero attached hydrogens (tertiary/aromatic N) is 2. The summed E-state index contributed by atoms with van der Waals surface area (Å²) in [6, 6.07) is 10.3. The third-order valence-corrected chi connectivity index (χ3v) is 7.47. The first-order chi connectivity index (χ1) is 17.3. The number of aromatic hydroxyl groups is 1. The molecule has 0 saturated carbocycles. The first-order valence-electron chi connectivity index (χ1n) is 11.1. The van der Waals surface area contributed by atoms with Crippen molar-refractivity contribution < 1.29 is 24.1 Å². The maximum atomic E-state index is 13.7. The number of thiazole rings is 1. The van der Waals surface area contributed by atoms with E-state index >= 15 is 0 Å².